The van der Waals surface area contributed by atoms with Gasteiger partial charge in [-0.3, -0.25) is 0 Å². The summed E-state index contributed by atoms with van der Waals surface area (Å²) < 4.78 is 0. The number of hydrogen-bond acceptors (Lipinski definition) is 3. The maximum Gasteiger partial charge on any atom is 0.0857 e. The molecule has 1 fully saturated rings. The minimum absolute atomic E-state index is 0.0985. The first-order valence-corrected chi connectivity index (χ1v) is 5.33. The van der Waals surface area contributed by atoms with E-state index in [1.807, 2.05) is 13.8 Å². The standard InChI is InChI=1S/C11H22O3/c1-6(2)7-5-8(11(3,4)14)10(13)9(7)12/h6-10,12-14H,5H2,1-4H3/t7-,8-,9-,10+/m0/s1. The predicted octanol–water partition coefficient (Wildman–Crippen LogP) is 0.771. The second-order valence-electron chi connectivity index (χ2n) is 5.38. The second kappa shape index (κ2) is 3.80. The van der Waals surface area contributed by atoms with Crippen molar-refractivity contribution in [3.8, 4) is 0 Å². The topological polar surface area (TPSA) is 60.7 Å². The summed E-state index contributed by atoms with van der Waals surface area (Å²) in [4.78, 5) is 0. The highest BCUT2D eigenvalue weighted by molar-refractivity contribution is 4.98. The van der Waals surface area contributed by atoms with Crippen molar-refractivity contribution in [1.29, 1.82) is 0 Å². The Morgan fingerprint density at radius 2 is 1.64 bits per heavy atom. The molecule has 0 unspecified atom stereocenters. The van der Waals surface area contributed by atoms with Crippen LogP contribution in [0.25, 0.3) is 0 Å². The van der Waals surface area contributed by atoms with Crippen LogP contribution in [0.2, 0.25) is 0 Å². The van der Waals surface area contributed by atoms with Crippen molar-refractivity contribution in [2.75, 3.05) is 0 Å². The first-order valence-electron chi connectivity index (χ1n) is 5.33. The fourth-order valence-electron chi connectivity index (χ4n) is 2.44. The number of hydrogen-bond donors (Lipinski definition) is 3. The first kappa shape index (κ1) is 12.0. The van der Waals surface area contributed by atoms with Gasteiger partial charge in [0.05, 0.1) is 17.8 Å². The fraction of sp³-hybridized carbons (Fsp3) is 1.00. The van der Waals surface area contributed by atoms with Crippen molar-refractivity contribution < 1.29 is 15.3 Å². The lowest BCUT2D eigenvalue weighted by Gasteiger charge is -2.28. The Bertz CT molecular complexity index is 195. The van der Waals surface area contributed by atoms with E-state index in [9.17, 15) is 15.3 Å². The van der Waals surface area contributed by atoms with Gasteiger partial charge >= 0.3 is 0 Å². The Morgan fingerprint density at radius 1 is 1.14 bits per heavy atom. The summed E-state index contributed by atoms with van der Waals surface area (Å²) in [5, 5.41) is 29.4. The molecule has 14 heavy (non-hydrogen) atoms. The molecule has 1 aliphatic rings. The van der Waals surface area contributed by atoms with Crippen LogP contribution in [-0.4, -0.2) is 33.1 Å². The van der Waals surface area contributed by atoms with Gasteiger partial charge in [-0.2, -0.15) is 0 Å². The third-order valence-electron chi connectivity index (χ3n) is 3.49. The average Bonchev–Trinajstić information content (AvgIpc) is 2.28. The normalized spacial score (nSPS) is 39.4. The summed E-state index contributed by atoms with van der Waals surface area (Å²) in [5.74, 6) is 0.221. The number of rotatable bonds is 2. The molecule has 1 aliphatic carbocycles. The lowest BCUT2D eigenvalue weighted by molar-refractivity contribution is -0.0630. The van der Waals surface area contributed by atoms with Crippen molar-refractivity contribution in [3.63, 3.8) is 0 Å². The Labute approximate surface area is 85.8 Å². The molecular weight excluding hydrogens is 180 g/mol. The molecule has 0 aromatic heterocycles. The van der Waals surface area contributed by atoms with E-state index in [2.05, 4.69) is 0 Å². The fourth-order valence-corrected chi connectivity index (χ4v) is 2.44. The van der Waals surface area contributed by atoms with Crippen LogP contribution < -0.4 is 0 Å². The molecule has 3 N–H and O–H groups in total. The van der Waals surface area contributed by atoms with Crippen molar-refractivity contribution >= 4 is 0 Å². The van der Waals surface area contributed by atoms with E-state index in [4.69, 9.17) is 0 Å². The highest BCUT2D eigenvalue weighted by atomic mass is 16.3. The summed E-state index contributed by atoms with van der Waals surface area (Å²) in [6.07, 6.45) is -0.780. The van der Waals surface area contributed by atoms with Crippen LogP contribution in [0.15, 0.2) is 0 Å². The van der Waals surface area contributed by atoms with E-state index >= 15 is 0 Å². The smallest absolute Gasteiger partial charge is 0.0857 e. The van der Waals surface area contributed by atoms with Crippen LogP contribution in [0, 0.1) is 17.8 Å². The van der Waals surface area contributed by atoms with E-state index in [0.717, 1.165) is 0 Å². The molecule has 0 aromatic carbocycles. The predicted molar refractivity (Wildman–Crippen MR) is 54.7 cm³/mol. The molecule has 1 saturated carbocycles. The Kier molecular flexibility index (Phi) is 3.24. The second-order valence-corrected chi connectivity index (χ2v) is 5.38. The Morgan fingerprint density at radius 3 is 1.86 bits per heavy atom. The van der Waals surface area contributed by atoms with Gasteiger partial charge in [-0.15, -0.1) is 0 Å². The number of aliphatic hydroxyl groups excluding tert-OH is 2. The SMILES string of the molecule is CC(C)[C@@H]1C[C@H](C(C)(C)O)[C@@H](O)[C@H]1O. The average molecular weight is 202 g/mol. The van der Waals surface area contributed by atoms with E-state index in [0.29, 0.717) is 12.3 Å². The van der Waals surface area contributed by atoms with Gasteiger partial charge in [0.15, 0.2) is 0 Å². The third kappa shape index (κ3) is 2.10. The summed E-state index contributed by atoms with van der Waals surface area (Å²) in [5.41, 5.74) is -0.913. The molecule has 84 valence electrons. The lowest BCUT2D eigenvalue weighted by atomic mass is 9.86. The molecule has 1 rings (SSSR count). The molecule has 0 amide bonds. The number of aliphatic hydroxyl groups is 3. The lowest BCUT2D eigenvalue weighted by Crippen LogP contribution is -2.39. The summed E-state index contributed by atoms with van der Waals surface area (Å²) >= 11 is 0. The molecule has 3 nitrogen and oxygen atoms in total. The van der Waals surface area contributed by atoms with Gasteiger partial charge in [-0.05, 0) is 32.1 Å². The Hall–Kier alpha value is -0.120. The summed E-state index contributed by atoms with van der Waals surface area (Å²) in [7, 11) is 0. The van der Waals surface area contributed by atoms with Crippen LogP contribution in [0.4, 0.5) is 0 Å². The van der Waals surface area contributed by atoms with Gasteiger partial charge in [0.1, 0.15) is 0 Å². The zero-order valence-electron chi connectivity index (χ0n) is 9.44. The maximum absolute atomic E-state index is 9.83. The molecule has 0 bridgehead atoms. The first-order chi connectivity index (χ1) is 6.25. The van der Waals surface area contributed by atoms with Crippen LogP contribution >= 0.6 is 0 Å². The molecule has 0 spiro atoms. The molecular formula is C11H22O3. The molecule has 3 heteroatoms. The Balaban J connectivity index is 2.77. The van der Waals surface area contributed by atoms with Gasteiger partial charge in [0.2, 0.25) is 0 Å². The van der Waals surface area contributed by atoms with Crippen LogP contribution in [0.3, 0.4) is 0 Å². The van der Waals surface area contributed by atoms with E-state index < -0.39 is 17.8 Å². The molecule has 0 aromatic rings. The van der Waals surface area contributed by atoms with E-state index in [-0.39, 0.29) is 11.8 Å². The van der Waals surface area contributed by atoms with Crippen molar-refractivity contribution in [3.05, 3.63) is 0 Å². The monoisotopic (exact) mass is 202 g/mol. The minimum Gasteiger partial charge on any atom is -0.390 e. The highest BCUT2D eigenvalue weighted by Gasteiger charge is 2.48. The molecule has 4 atom stereocenters. The molecule has 0 radical (unpaired) electrons. The maximum atomic E-state index is 9.83. The van der Waals surface area contributed by atoms with Gasteiger partial charge in [-0.25, -0.2) is 0 Å². The summed E-state index contributed by atoms with van der Waals surface area (Å²) in [6.45, 7) is 7.45. The quantitative estimate of drug-likeness (QED) is 0.620. The van der Waals surface area contributed by atoms with Crippen LogP contribution in [0.1, 0.15) is 34.1 Å². The third-order valence-corrected chi connectivity index (χ3v) is 3.49. The summed E-state index contributed by atoms with van der Waals surface area (Å²) in [6, 6.07) is 0. The molecule has 0 heterocycles. The molecule has 0 saturated heterocycles. The van der Waals surface area contributed by atoms with E-state index in [1.54, 1.807) is 13.8 Å². The minimum atomic E-state index is -0.913. The van der Waals surface area contributed by atoms with Crippen LogP contribution in [0.5, 0.6) is 0 Å². The van der Waals surface area contributed by atoms with Gasteiger partial charge < -0.3 is 15.3 Å². The zero-order valence-corrected chi connectivity index (χ0v) is 9.44. The van der Waals surface area contributed by atoms with Gasteiger partial charge in [0.25, 0.3) is 0 Å². The largest absolute Gasteiger partial charge is 0.390 e. The van der Waals surface area contributed by atoms with Crippen molar-refractivity contribution in [2.45, 2.75) is 51.9 Å². The van der Waals surface area contributed by atoms with Gasteiger partial charge in [0, 0.05) is 5.92 Å². The van der Waals surface area contributed by atoms with Crippen molar-refractivity contribution in [2.24, 2.45) is 17.8 Å². The zero-order chi connectivity index (χ0) is 11.1. The molecule has 0 aliphatic heterocycles. The van der Waals surface area contributed by atoms with Crippen LogP contribution in [-0.2, 0) is 0 Å². The van der Waals surface area contributed by atoms with Crippen molar-refractivity contribution in [1.82, 2.24) is 0 Å². The highest BCUT2D eigenvalue weighted by Crippen LogP contribution is 2.41. The van der Waals surface area contributed by atoms with Gasteiger partial charge in [-0.1, -0.05) is 13.8 Å². The van der Waals surface area contributed by atoms with E-state index in [1.165, 1.54) is 0 Å².